The molecule has 7 heteroatoms. The number of nitrogens with two attached hydrogens (primary N) is 1. The maximum Gasteiger partial charge on any atom is 0.211 e. The van der Waals surface area contributed by atoms with Crippen LogP contribution in [0.1, 0.15) is 26.2 Å². The van der Waals surface area contributed by atoms with Crippen molar-refractivity contribution in [2.24, 2.45) is 17.6 Å². The first-order valence-corrected chi connectivity index (χ1v) is 9.14. The summed E-state index contributed by atoms with van der Waals surface area (Å²) in [5.41, 5.74) is 5.76. The molecule has 0 aliphatic carbocycles. The van der Waals surface area contributed by atoms with Gasteiger partial charge in [-0.1, -0.05) is 0 Å². The highest BCUT2D eigenvalue weighted by molar-refractivity contribution is 7.88. The predicted octanol–water partition coefficient (Wildman–Crippen LogP) is 0.749. The highest BCUT2D eigenvalue weighted by Crippen LogP contribution is 2.26. The number of likely N-dealkylation sites (tertiary alicyclic amines) is 1. The Bertz CT molecular complexity index is 404. The number of hydrogen-bond acceptors (Lipinski definition) is 4. The van der Waals surface area contributed by atoms with E-state index in [0.29, 0.717) is 31.0 Å². The second kappa shape index (κ2) is 7.40. The largest absolute Gasteiger partial charge is 0.330 e. The molecule has 0 saturated carbocycles. The third-order valence-corrected chi connectivity index (χ3v) is 5.84. The molecule has 3 unspecified atom stereocenters. The van der Waals surface area contributed by atoms with Crippen LogP contribution >= 0.6 is 12.4 Å². The van der Waals surface area contributed by atoms with E-state index in [0.717, 1.165) is 32.5 Å². The Balaban J connectivity index is 0.00000200. The Kier molecular flexibility index (Phi) is 6.73. The van der Waals surface area contributed by atoms with E-state index in [1.54, 1.807) is 4.31 Å². The Morgan fingerprint density at radius 3 is 2.50 bits per heavy atom. The number of hydrogen-bond donors (Lipinski definition) is 1. The molecule has 5 nitrogen and oxygen atoms in total. The fourth-order valence-corrected chi connectivity index (χ4v) is 4.39. The van der Waals surface area contributed by atoms with Crippen molar-refractivity contribution < 1.29 is 8.42 Å². The summed E-state index contributed by atoms with van der Waals surface area (Å²) in [6.45, 7) is 6.50. The monoisotopic (exact) mass is 325 g/mol. The SMILES string of the molecule is CC1CC(CN)CN1CC1CCCN(S(C)(=O)=O)C1.Cl. The molecule has 2 aliphatic heterocycles. The number of nitrogens with zero attached hydrogens (tertiary/aromatic N) is 2. The standard InChI is InChI=1S/C13H27N3O2S.ClH/c1-11-6-13(7-14)9-15(11)8-12-4-3-5-16(10-12)19(2,17)18;/h11-13H,3-10,14H2,1-2H3;1H. The van der Waals surface area contributed by atoms with Gasteiger partial charge in [-0.2, -0.15) is 0 Å². The van der Waals surface area contributed by atoms with Crippen molar-refractivity contribution in [3.8, 4) is 0 Å². The third kappa shape index (κ3) is 4.56. The molecular formula is C13H28ClN3O2S. The molecule has 0 bridgehead atoms. The van der Waals surface area contributed by atoms with E-state index in [-0.39, 0.29) is 12.4 Å². The molecule has 0 aromatic heterocycles. The number of piperidine rings is 1. The Labute approximate surface area is 129 Å². The van der Waals surface area contributed by atoms with Crippen molar-refractivity contribution >= 4 is 22.4 Å². The van der Waals surface area contributed by atoms with E-state index in [9.17, 15) is 8.42 Å². The molecule has 0 aromatic rings. The van der Waals surface area contributed by atoms with Crippen LogP contribution in [0.15, 0.2) is 0 Å². The van der Waals surface area contributed by atoms with Gasteiger partial charge in [-0.25, -0.2) is 12.7 Å². The summed E-state index contributed by atoms with van der Waals surface area (Å²) in [6.07, 6.45) is 4.63. The van der Waals surface area contributed by atoms with Gasteiger partial charge in [0.25, 0.3) is 0 Å². The van der Waals surface area contributed by atoms with Gasteiger partial charge < -0.3 is 10.6 Å². The van der Waals surface area contributed by atoms with Gasteiger partial charge in [-0.15, -0.1) is 12.4 Å². The molecule has 0 radical (unpaired) electrons. The van der Waals surface area contributed by atoms with Crippen LogP contribution in [0.5, 0.6) is 0 Å². The van der Waals surface area contributed by atoms with E-state index in [2.05, 4.69) is 11.8 Å². The van der Waals surface area contributed by atoms with Crippen molar-refractivity contribution in [1.29, 1.82) is 0 Å². The topological polar surface area (TPSA) is 66.6 Å². The summed E-state index contributed by atoms with van der Waals surface area (Å²) in [7, 11) is -3.03. The lowest BCUT2D eigenvalue weighted by molar-refractivity contribution is 0.172. The van der Waals surface area contributed by atoms with Gasteiger partial charge in [0.05, 0.1) is 6.26 Å². The normalized spacial score (nSPS) is 33.0. The molecule has 2 N–H and O–H groups in total. The van der Waals surface area contributed by atoms with Crippen molar-refractivity contribution in [2.45, 2.75) is 32.2 Å². The second-order valence-corrected chi connectivity index (χ2v) is 8.25. The average molecular weight is 326 g/mol. The lowest BCUT2D eigenvalue weighted by atomic mass is 9.99. The van der Waals surface area contributed by atoms with Crippen LogP contribution < -0.4 is 5.73 Å². The Hall–Kier alpha value is 0.120. The minimum absolute atomic E-state index is 0. The van der Waals surface area contributed by atoms with Gasteiger partial charge in [-0.05, 0) is 44.6 Å². The summed E-state index contributed by atoms with van der Waals surface area (Å²) in [5.74, 6) is 1.09. The molecule has 2 heterocycles. The van der Waals surface area contributed by atoms with Crippen molar-refractivity contribution in [3.05, 3.63) is 0 Å². The number of halogens is 1. The third-order valence-electron chi connectivity index (χ3n) is 4.57. The lowest BCUT2D eigenvalue weighted by Gasteiger charge is -2.34. The first-order chi connectivity index (χ1) is 8.90. The van der Waals surface area contributed by atoms with Crippen molar-refractivity contribution in [2.75, 3.05) is 39.0 Å². The maximum atomic E-state index is 11.6. The average Bonchev–Trinajstić information content (AvgIpc) is 2.70. The quantitative estimate of drug-likeness (QED) is 0.828. The molecule has 0 amide bonds. The van der Waals surface area contributed by atoms with Crippen LogP contribution in [0.25, 0.3) is 0 Å². The Morgan fingerprint density at radius 2 is 1.95 bits per heavy atom. The van der Waals surface area contributed by atoms with Gasteiger partial charge in [0.15, 0.2) is 0 Å². The molecule has 3 atom stereocenters. The van der Waals surface area contributed by atoms with Gasteiger partial charge in [0.2, 0.25) is 10.0 Å². The molecule has 20 heavy (non-hydrogen) atoms. The van der Waals surface area contributed by atoms with Gasteiger partial charge in [-0.3, -0.25) is 0 Å². The molecule has 2 saturated heterocycles. The van der Waals surface area contributed by atoms with Crippen LogP contribution in [0.4, 0.5) is 0 Å². The maximum absolute atomic E-state index is 11.6. The summed E-state index contributed by atoms with van der Waals surface area (Å²) < 4.78 is 24.9. The molecular weight excluding hydrogens is 298 g/mol. The minimum Gasteiger partial charge on any atom is -0.330 e. The first kappa shape index (κ1) is 18.2. The molecule has 2 aliphatic rings. The molecule has 2 fully saturated rings. The van der Waals surface area contributed by atoms with Gasteiger partial charge >= 0.3 is 0 Å². The van der Waals surface area contributed by atoms with Crippen LogP contribution in [0.2, 0.25) is 0 Å². The van der Waals surface area contributed by atoms with Gasteiger partial charge in [0, 0.05) is 32.2 Å². The van der Waals surface area contributed by atoms with Crippen molar-refractivity contribution in [1.82, 2.24) is 9.21 Å². The van der Waals surface area contributed by atoms with E-state index in [1.807, 2.05) is 0 Å². The second-order valence-electron chi connectivity index (χ2n) is 6.27. The molecule has 2 rings (SSSR count). The number of sulfonamides is 1. The summed E-state index contributed by atoms with van der Waals surface area (Å²) in [6, 6.07) is 0.585. The highest BCUT2D eigenvalue weighted by Gasteiger charge is 2.32. The smallest absolute Gasteiger partial charge is 0.211 e. The van der Waals surface area contributed by atoms with Crippen molar-refractivity contribution in [3.63, 3.8) is 0 Å². The highest BCUT2D eigenvalue weighted by atomic mass is 35.5. The van der Waals surface area contributed by atoms with Crippen LogP contribution in [-0.4, -0.2) is 62.6 Å². The predicted molar refractivity (Wildman–Crippen MR) is 84.6 cm³/mol. The summed E-state index contributed by atoms with van der Waals surface area (Å²) in [5, 5.41) is 0. The zero-order valence-corrected chi connectivity index (χ0v) is 14.1. The van der Waals surface area contributed by atoms with E-state index in [1.165, 1.54) is 12.7 Å². The fourth-order valence-electron chi connectivity index (χ4n) is 3.45. The van der Waals surface area contributed by atoms with Gasteiger partial charge in [0.1, 0.15) is 0 Å². The first-order valence-electron chi connectivity index (χ1n) is 7.29. The van der Waals surface area contributed by atoms with Crippen LogP contribution in [-0.2, 0) is 10.0 Å². The lowest BCUT2D eigenvalue weighted by Crippen LogP contribution is -2.44. The molecule has 0 aromatic carbocycles. The van der Waals surface area contributed by atoms with Crippen LogP contribution in [0, 0.1) is 11.8 Å². The van der Waals surface area contributed by atoms with E-state index < -0.39 is 10.0 Å². The zero-order valence-electron chi connectivity index (χ0n) is 12.5. The molecule has 120 valence electrons. The number of rotatable bonds is 4. The summed E-state index contributed by atoms with van der Waals surface area (Å²) >= 11 is 0. The minimum atomic E-state index is -3.03. The summed E-state index contributed by atoms with van der Waals surface area (Å²) in [4.78, 5) is 2.49. The van der Waals surface area contributed by atoms with E-state index in [4.69, 9.17) is 5.73 Å². The fraction of sp³-hybridized carbons (Fsp3) is 1.00. The molecule has 0 spiro atoms. The zero-order chi connectivity index (χ0) is 14.0. The Morgan fingerprint density at radius 1 is 1.25 bits per heavy atom. The van der Waals surface area contributed by atoms with Crippen LogP contribution in [0.3, 0.4) is 0 Å². The van der Waals surface area contributed by atoms with E-state index >= 15 is 0 Å².